The molecule has 1 aromatic heterocycles. The fourth-order valence-electron chi connectivity index (χ4n) is 6.53. The summed E-state index contributed by atoms with van der Waals surface area (Å²) in [6.45, 7) is 2.28. The average molecular weight is 572 g/mol. The van der Waals surface area contributed by atoms with Crippen molar-refractivity contribution in [1.29, 1.82) is 0 Å². The number of nitrogens with one attached hydrogen (secondary N) is 3. The van der Waals surface area contributed by atoms with Crippen molar-refractivity contribution in [2.24, 2.45) is 17.8 Å². The smallest absolute Gasteiger partial charge is 0.241 e. The summed E-state index contributed by atoms with van der Waals surface area (Å²) in [5, 5.41) is 9.93. The van der Waals surface area contributed by atoms with E-state index in [0.717, 1.165) is 72.2 Å². The lowest BCUT2D eigenvalue weighted by atomic mass is 9.82. The molecule has 0 unspecified atom stereocenters. The van der Waals surface area contributed by atoms with Crippen LogP contribution < -0.4 is 15.4 Å². The molecule has 41 heavy (non-hydrogen) atoms. The van der Waals surface area contributed by atoms with Crippen molar-refractivity contribution in [3.63, 3.8) is 0 Å². The summed E-state index contributed by atoms with van der Waals surface area (Å²) in [4.78, 5) is 10.0. The molecule has 3 N–H and O–H groups in total. The molecular weight excluding hydrogens is 530 g/mol. The third kappa shape index (κ3) is 6.81. The maximum absolute atomic E-state index is 13.1. The Kier molecular flexibility index (Phi) is 8.67. The van der Waals surface area contributed by atoms with Crippen LogP contribution in [0.3, 0.4) is 0 Å². The molecule has 0 saturated heterocycles. The van der Waals surface area contributed by atoms with Gasteiger partial charge in [0.05, 0.1) is 10.4 Å². The van der Waals surface area contributed by atoms with Gasteiger partial charge in [0.25, 0.3) is 0 Å². The number of hydrogen-bond donors (Lipinski definition) is 3. The van der Waals surface area contributed by atoms with Gasteiger partial charge in [0.15, 0.2) is 0 Å². The second kappa shape index (κ2) is 12.7. The summed E-state index contributed by atoms with van der Waals surface area (Å²) in [6, 6.07) is 21.3. The number of hydrogen-bond acceptors (Lipinski definition) is 6. The molecule has 216 valence electrons. The van der Waals surface area contributed by atoms with Crippen LogP contribution in [-0.4, -0.2) is 38.0 Å². The predicted molar refractivity (Wildman–Crippen MR) is 168 cm³/mol. The van der Waals surface area contributed by atoms with Crippen molar-refractivity contribution in [3.05, 3.63) is 66.7 Å². The molecule has 2 aliphatic rings. The Balaban J connectivity index is 1.02. The second-order valence-corrected chi connectivity index (χ2v) is 13.6. The van der Waals surface area contributed by atoms with Crippen molar-refractivity contribution in [3.8, 4) is 0 Å². The monoisotopic (exact) mass is 571 g/mol. The van der Waals surface area contributed by atoms with Crippen LogP contribution >= 0.6 is 0 Å². The third-order valence-electron chi connectivity index (χ3n) is 9.00. The lowest BCUT2D eigenvalue weighted by Gasteiger charge is -2.29. The largest absolute Gasteiger partial charge is 0.369 e. The molecule has 0 aliphatic heterocycles. The van der Waals surface area contributed by atoms with E-state index in [4.69, 9.17) is 9.97 Å². The van der Waals surface area contributed by atoms with E-state index in [1.807, 2.05) is 48.5 Å². The highest BCUT2D eigenvalue weighted by atomic mass is 32.2. The maximum atomic E-state index is 13.1. The number of benzene rings is 3. The first-order chi connectivity index (χ1) is 20.0. The molecule has 0 radical (unpaired) electrons. The van der Waals surface area contributed by atoms with Gasteiger partial charge in [0, 0.05) is 30.4 Å². The van der Waals surface area contributed by atoms with Gasteiger partial charge in [0.2, 0.25) is 16.0 Å². The van der Waals surface area contributed by atoms with E-state index >= 15 is 0 Å². The zero-order chi connectivity index (χ0) is 28.1. The Morgan fingerprint density at radius 1 is 0.634 bits per heavy atom. The number of para-hydroxylation sites is 1. The van der Waals surface area contributed by atoms with Gasteiger partial charge < -0.3 is 10.6 Å². The normalized spacial score (nSPS) is 20.3. The summed E-state index contributed by atoms with van der Waals surface area (Å²) in [7, 11) is -3.57. The second-order valence-electron chi connectivity index (χ2n) is 11.9. The van der Waals surface area contributed by atoms with Crippen LogP contribution in [-0.2, 0) is 10.0 Å². The first-order valence-electron chi connectivity index (χ1n) is 15.3. The molecule has 6 rings (SSSR count). The van der Waals surface area contributed by atoms with Crippen LogP contribution in [0.15, 0.2) is 71.6 Å². The molecule has 2 saturated carbocycles. The van der Waals surface area contributed by atoms with E-state index in [0.29, 0.717) is 29.2 Å². The summed E-state index contributed by atoms with van der Waals surface area (Å²) >= 11 is 0. The fraction of sp³-hybridized carbons (Fsp3) is 0.455. The minimum absolute atomic E-state index is 0.350. The van der Waals surface area contributed by atoms with Crippen molar-refractivity contribution in [1.82, 2.24) is 14.7 Å². The number of rotatable bonds is 10. The van der Waals surface area contributed by atoms with E-state index in [1.54, 1.807) is 6.07 Å². The number of anilines is 2. The predicted octanol–water partition coefficient (Wildman–Crippen LogP) is 6.97. The minimum atomic E-state index is -3.57. The molecular formula is C33H41N5O2S. The molecule has 2 fully saturated rings. The highest BCUT2D eigenvalue weighted by Gasteiger charge is 2.24. The summed E-state index contributed by atoms with van der Waals surface area (Å²) in [5.41, 5.74) is 0.957. The van der Waals surface area contributed by atoms with Crippen LogP contribution in [0, 0.1) is 17.8 Å². The lowest BCUT2D eigenvalue weighted by Crippen LogP contribution is -2.32. The van der Waals surface area contributed by atoms with Gasteiger partial charge in [0.1, 0.15) is 5.82 Å². The van der Waals surface area contributed by atoms with Gasteiger partial charge in [-0.15, -0.1) is 0 Å². The quantitative estimate of drug-likeness (QED) is 0.190. The first-order valence-corrected chi connectivity index (χ1v) is 16.8. The lowest BCUT2D eigenvalue weighted by molar-refractivity contribution is 0.284. The van der Waals surface area contributed by atoms with E-state index in [-0.39, 0.29) is 0 Å². The number of sulfonamides is 1. The molecule has 8 heteroatoms. The molecule has 3 aromatic carbocycles. The summed E-state index contributed by atoms with van der Waals surface area (Å²) < 4.78 is 29.2. The zero-order valence-electron chi connectivity index (χ0n) is 23.7. The van der Waals surface area contributed by atoms with E-state index < -0.39 is 10.0 Å². The average Bonchev–Trinajstić information content (AvgIpc) is 3.02. The Morgan fingerprint density at radius 3 is 2.07 bits per heavy atom. The van der Waals surface area contributed by atoms with Crippen molar-refractivity contribution >= 4 is 43.5 Å². The van der Waals surface area contributed by atoms with Gasteiger partial charge in [-0.25, -0.2) is 18.1 Å². The Labute approximate surface area is 243 Å². The highest BCUT2D eigenvalue weighted by Crippen LogP contribution is 2.30. The van der Waals surface area contributed by atoms with Crippen molar-refractivity contribution in [2.75, 3.05) is 30.3 Å². The van der Waals surface area contributed by atoms with Crippen LogP contribution in [0.4, 0.5) is 11.8 Å². The number of aromatic nitrogens is 2. The number of nitrogens with zero attached hydrogens (tertiary/aromatic N) is 2. The first kappa shape index (κ1) is 27.9. The molecule has 0 spiro atoms. The van der Waals surface area contributed by atoms with Crippen LogP contribution in [0.1, 0.15) is 57.8 Å². The van der Waals surface area contributed by atoms with Gasteiger partial charge in [-0.2, -0.15) is 4.98 Å². The van der Waals surface area contributed by atoms with Gasteiger partial charge in [-0.3, -0.25) is 0 Å². The minimum Gasteiger partial charge on any atom is -0.369 e. The van der Waals surface area contributed by atoms with Gasteiger partial charge >= 0.3 is 0 Å². The SMILES string of the molecule is O=S(=O)(NC[C@H]1CC[C@H](CNc2nc(NCC3CCCCC3)c3ccccc3n2)CC1)c1cccc2ccccc12. The zero-order valence-corrected chi connectivity index (χ0v) is 24.5. The molecule has 2 aliphatic carbocycles. The van der Waals surface area contributed by atoms with Crippen molar-refractivity contribution < 1.29 is 8.42 Å². The van der Waals surface area contributed by atoms with E-state index in [1.165, 1.54) is 32.1 Å². The Bertz CT molecular complexity index is 1570. The topological polar surface area (TPSA) is 96.0 Å². The van der Waals surface area contributed by atoms with Gasteiger partial charge in [-0.1, -0.05) is 67.8 Å². The Morgan fingerprint density at radius 2 is 1.27 bits per heavy atom. The molecule has 7 nitrogen and oxygen atoms in total. The summed E-state index contributed by atoms with van der Waals surface area (Å²) in [5.74, 6) is 3.20. The molecule has 0 atom stereocenters. The third-order valence-corrected chi connectivity index (χ3v) is 10.5. The fourth-order valence-corrected chi connectivity index (χ4v) is 7.88. The van der Waals surface area contributed by atoms with E-state index in [2.05, 4.69) is 27.5 Å². The van der Waals surface area contributed by atoms with Crippen LogP contribution in [0.25, 0.3) is 21.7 Å². The van der Waals surface area contributed by atoms with E-state index in [9.17, 15) is 8.42 Å². The Hall–Kier alpha value is -3.23. The summed E-state index contributed by atoms with van der Waals surface area (Å²) in [6.07, 6.45) is 10.8. The van der Waals surface area contributed by atoms with Crippen LogP contribution in [0.5, 0.6) is 0 Å². The van der Waals surface area contributed by atoms with Crippen molar-refractivity contribution in [2.45, 2.75) is 62.7 Å². The molecule has 0 amide bonds. The molecule has 4 aromatic rings. The standard InChI is InChI=1S/C33H41N5O2S/c39-41(40,31-16-8-12-27-11-4-5-13-28(27)31)36-23-26-19-17-25(18-20-26)22-35-33-37-30-15-7-6-14-29(30)32(38-33)34-21-24-9-2-1-3-10-24/h4-8,11-16,24-26,36H,1-3,9-10,17-23H2,(H2,34,35,37,38)/t25-,26-. The molecule has 1 heterocycles. The van der Waals surface area contributed by atoms with Gasteiger partial charge in [-0.05, 0) is 79.9 Å². The molecule has 0 bridgehead atoms. The highest BCUT2D eigenvalue weighted by molar-refractivity contribution is 7.89. The maximum Gasteiger partial charge on any atom is 0.241 e. The number of fused-ring (bicyclic) bond motifs is 2. The van der Waals surface area contributed by atoms with Crippen LogP contribution in [0.2, 0.25) is 0 Å².